The van der Waals surface area contributed by atoms with Gasteiger partial charge in [0.05, 0.1) is 10.4 Å². The summed E-state index contributed by atoms with van der Waals surface area (Å²) in [5.41, 5.74) is 10.3. The van der Waals surface area contributed by atoms with Crippen LogP contribution in [0.5, 0.6) is 5.75 Å². The molecule has 0 saturated carbocycles. The molecule has 0 unspecified atom stereocenters. The van der Waals surface area contributed by atoms with Crippen LogP contribution in [0, 0.1) is 0 Å². The molecule has 112 valence electrons. The highest BCUT2D eigenvalue weighted by Crippen LogP contribution is 2.26. The summed E-state index contributed by atoms with van der Waals surface area (Å²) in [7, 11) is 0. The van der Waals surface area contributed by atoms with Crippen molar-refractivity contribution in [2.45, 2.75) is 0 Å². The zero-order valence-electron chi connectivity index (χ0n) is 11.5. The van der Waals surface area contributed by atoms with Crippen LogP contribution in [0.15, 0.2) is 53.9 Å². The lowest BCUT2D eigenvalue weighted by molar-refractivity contribution is 0.0992. The molecule has 0 atom stereocenters. The predicted molar refractivity (Wildman–Crippen MR) is 87.0 cm³/mol. The van der Waals surface area contributed by atoms with Gasteiger partial charge in [0.1, 0.15) is 5.75 Å². The molecule has 0 aliphatic rings. The zero-order chi connectivity index (χ0) is 16.1. The first kappa shape index (κ1) is 15.5. The molecule has 2 amide bonds. The van der Waals surface area contributed by atoms with E-state index >= 15 is 0 Å². The number of carbonyl (C=O) groups excluding carboxylic acids is 2. The number of fused-ring (bicyclic) bond motifs is 1. The molecule has 0 fully saturated rings. The van der Waals surface area contributed by atoms with Crippen molar-refractivity contribution in [1.29, 1.82) is 0 Å². The topological polar surface area (TPSA) is 106 Å². The summed E-state index contributed by atoms with van der Waals surface area (Å²) in [4.78, 5) is 22.0. The molecule has 0 aliphatic carbocycles. The Hall–Kier alpha value is -2.86. The van der Waals surface area contributed by atoms with Crippen LogP contribution in [-0.2, 0) is 0 Å². The van der Waals surface area contributed by atoms with Gasteiger partial charge in [-0.1, -0.05) is 36.4 Å². The van der Waals surface area contributed by atoms with Crippen molar-refractivity contribution in [2.75, 3.05) is 0 Å². The van der Waals surface area contributed by atoms with Crippen molar-refractivity contribution < 1.29 is 14.7 Å². The lowest BCUT2D eigenvalue weighted by Gasteiger charge is -2.04. The number of hydrogen-bond acceptors (Lipinski definition) is 4. The maximum absolute atomic E-state index is 11.1. The lowest BCUT2D eigenvalue weighted by Crippen LogP contribution is -2.11. The number of hydrogen-bond donors (Lipinski definition) is 3. The highest BCUT2D eigenvalue weighted by atomic mass is 32.1. The molecule has 0 bridgehead atoms. The molecular weight excluding hydrogens is 300 g/mol. The summed E-state index contributed by atoms with van der Waals surface area (Å²) in [5.74, 6) is -1.03. The molecule has 0 saturated heterocycles. The van der Waals surface area contributed by atoms with Gasteiger partial charge in [0.25, 0.3) is 11.8 Å². The van der Waals surface area contributed by atoms with Crippen LogP contribution in [0.4, 0.5) is 0 Å². The summed E-state index contributed by atoms with van der Waals surface area (Å²) in [6, 6.07) is 14.0. The predicted octanol–water partition coefficient (Wildman–Crippen LogP) is 2.49. The van der Waals surface area contributed by atoms with Gasteiger partial charge in [-0.05, 0) is 28.3 Å². The molecule has 1 aromatic heterocycles. The van der Waals surface area contributed by atoms with Gasteiger partial charge in [0, 0.05) is 0 Å². The first-order valence-electron chi connectivity index (χ1n) is 6.34. The number of amides is 2. The number of carbonyl (C=O) groups is 2. The van der Waals surface area contributed by atoms with Crippen LogP contribution in [0.1, 0.15) is 20.0 Å². The molecule has 0 radical (unpaired) electrons. The van der Waals surface area contributed by atoms with E-state index in [9.17, 15) is 14.7 Å². The van der Waals surface area contributed by atoms with Crippen molar-refractivity contribution in [1.82, 2.24) is 0 Å². The Kier molecular flexibility index (Phi) is 4.75. The minimum atomic E-state index is -0.612. The van der Waals surface area contributed by atoms with Gasteiger partial charge in [0.15, 0.2) is 0 Å². The van der Waals surface area contributed by atoms with Crippen molar-refractivity contribution in [3.8, 4) is 5.75 Å². The summed E-state index contributed by atoms with van der Waals surface area (Å²) in [5, 5.41) is 12.9. The van der Waals surface area contributed by atoms with Crippen LogP contribution in [0.25, 0.3) is 10.8 Å². The zero-order valence-corrected chi connectivity index (χ0v) is 12.3. The molecule has 6 heteroatoms. The van der Waals surface area contributed by atoms with Crippen molar-refractivity contribution >= 4 is 33.9 Å². The van der Waals surface area contributed by atoms with E-state index < -0.39 is 5.91 Å². The van der Waals surface area contributed by atoms with E-state index in [0.717, 1.165) is 5.39 Å². The second-order valence-electron chi connectivity index (χ2n) is 4.39. The third-order valence-electron chi connectivity index (χ3n) is 2.92. The first-order chi connectivity index (χ1) is 10.5. The Morgan fingerprint density at radius 2 is 1.64 bits per heavy atom. The SMILES string of the molecule is NC(=O)c1c(O)ccc2ccccc12.NC(=O)c1cccs1. The van der Waals surface area contributed by atoms with Crippen LogP contribution in [0.2, 0.25) is 0 Å². The maximum Gasteiger partial charge on any atom is 0.258 e. The van der Waals surface area contributed by atoms with E-state index in [1.54, 1.807) is 30.3 Å². The average molecular weight is 314 g/mol. The molecule has 5 N–H and O–H groups in total. The van der Waals surface area contributed by atoms with E-state index in [1.807, 2.05) is 17.5 Å². The molecule has 2 aromatic carbocycles. The molecule has 5 nitrogen and oxygen atoms in total. The maximum atomic E-state index is 11.1. The Morgan fingerprint density at radius 1 is 0.909 bits per heavy atom. The van der Waals surface area contributed by atoms with Crippen LogP contribution < -0.4 is 11.5 Å². The number of aromatic hydroxyl groups is 1. The highest BCUT2D eigenvalue weighted by Gasteiger charge is 2.11. The van der Waals surface area contributed by atoms with E-state index in [2.05, 4.69) is 0 Å². The lowest BCUT2D eigenvalue weighted by atomic mass is 10.0. The summed E-state index contributed by atoms with van der Waals surface area (Å²) in [6.45, 7) is 0. The van der Waals surface area contributed by atoms with Gasteiger partial charge in [-0.2, -0.15) is 0 Å². The van der Waals surface area contributed by atoms with E-state index in [0.29, 0.717) is 10.3 Å². The van der Waals surface area contributed by atoms with E-state index in [1.165, 1.54) is 17.4 Å². The van der Waals surface area contributed by atoms with E-state index in [4.69, 9.17) is 11.5 Å². The summed E-state index contributed by atoms with van der Waals surface area (Å²) >= 11 is 1.36. The molecule has 0 aliphatic heterocycles. The normalized spacial score (nSPS) is 9.82. The van der Waals surface area contributed by atoms with Gasteiger partial charge < -0.3 is 16.6 Å². The number of thiophene rings is 1. The Bertz CT molecular complexity index is 813. The summed E-state index contributed by atoms with van der Waals surface area (Å²) in [6.07, 6.45) is 0. The van der Waals surface area contributed by atoms with Crippen molar-refractivity contribution in [3.63, 3.8) is 0 Å². The number of nitrogens with two attached hydrogens (primary N) is 2. The van der Waals surface area contributed by atoms with Crippen molar-refractivity contribution in [3.05, 3.63) is 64.4 Å². The van der Waals surface area contributed by atoms with E-state index in [-0.39, 0.29) is 17.2 Å². The fourth-order valence-electron chi connectivity index (χ4n) is 1.94. The number of phenols is 1. The van der Waals surface area contributed by atoms with Crippen molar-refractivity contribution in [2.24, 2.45) is 11.5 Å². The highest BCUT2D eigenvalue weighted by molar-refractivity contribution is 7.12. The van der Waals surface area contributed by atoms with Gasteiger partial charge in [-0.3, -0.25) is 9.59 Å². The van der Waals surface area contributed by atoms with Gasteiger partial charge in [0.2, 0.25) is 0 Å². The van der Waals surface area contributed by atoms with Crippen LogP contribution >= 0.6 is 11.3 Å². The van der Waals surface area contributed by atoms with Gasteiger partial charge >= 0.3 is 0 Å². The summed E-state index contributed by atoms with van der Waals surface area (Å²) < 4.78 is 0. The van der Waals surface area contributed by atoms with Gasteiger partial charge in [-0.25, -0.2) is 0 Å². The monoisotopic (exact) mass is 314 g/mol. The standard InChI is InChI=1S/C11H9NO2.C5H5NOS/c12-11(14)10-8-4-2-1-3-7(8)5-6-9(10)13;6-5(7)4-2-1-3-8-4/h1-6,13H,(H2,12,14);1-3H,(H2,6,7). The molecule has 0 spiro atoms. The Labute approximate surface area is 130 Å². The third-order valence-corrected chi connectivity index (χ3v) is 3.80. The average Bonchev–Trinajstić information content (AvgIpc) is 3.02. The Balaban J connectivity index is 0.000000188. The smallest absolute Gasteiger partial charge is 0.258 e. The molecule has 1 heterocycles. The fourth-order valence-corrected chi connectivity index (χ4v) is 2.51. The quantitative estimate of drug-likeness (QED) is 0.676. The number of primary amides is 2. The molecule has 22 heavy (non-hydrogen) atoms. The molecule has 3 aromatic rings. The first-order valence-corrected chi connectivity index (χ1v) is 7.22. The third kappa shape index (κ3) is 3.42. The molecular formula is C16H14N2O3S. The largest absolute Gasteiger partial charge is 0.507 e. The second kappa shape index (κ2) is 6.73. The molecule has 3 rings (SSSR count). The second-order valence-corrected chi connectivity index (χ2v) is 5.33. The van der Waals surface area contributed by atoms with Crippen LogP contribution in [-0.4, -0.2) is 16.9 Å². The number of rotatable bonds is 2. The minimum Gasteiger partial charge on any atom is -0.507 e. The fraction of sp³-hybridized carbons (Fsp3) is 0. The van der Waals surface area contributed by atoms with Crippen LogP contribution in [0.3, 0.4) is 0 Å². The Morgan fingerprint density at radius 3 is 2.18 bits per heavy atom. The number of benzene rings is 2. The minimum absolute atomic E-state index is 0.0730. The van der Waals surface area contributed by atoms with Gasteiger partial charge in [-0.15, -0.1) is 11.3 Å².